The van der Waals surface area contributed by atoms with E-state index in [1.54, 1.807) is 0 Å². The number of carbonyl (C=O) groups excluding carboxylic acids is 1. The number of benzene rings is 1. The van der Waals surface area contributed by atoms with E-state index in [1.165, 1.54) is 25.7 Å². The van der Waals surface area contributed by atoms with Gasteiger partial charge in [-0.2, -0.15) is 0 Å². The van der Waals surface area contributed by atoms with Gasteiger partial charge in [0.05, 0.1) is 11.7 Å². The lowest BCUT2D eigenvalue weighted by Gasteiger charge is -2.21. The van der Waals surface area contributed by atoms with Gasteiger partial charge in [-0.1, -0.05) is 18.6 Å². The van der Waals surface area contributed by atoms with Crippen molar-refractivity contribution in [1.82, 2.24) is 0 Å². The van der Waals surface area contributed by atoms with Crippen molar-refractivity contribution in [2.24, 2.45) is 17.8 Å². The van der Waals surface area contributed by atoms with Crippen LogP contribution in [-0.2, 0) is 0 Å². The second-order valence-electron chi connectivity index (χ2n) is 6.73. The van der Waals surface area contributed by atoms with Crippen LogP contribution < -0.4 is 4.74 Å². The van der Waals surface area contributed by atoms with Crippen molar-refractivity contribution < 1.29 is 9.53 Å². The average Bonchev–Trinajstić information content (AvgIpc) is 3.00. The average molecular weight is 272 g/mol. The smallest absolute Gasteiger partial charge is 0.166 e. The van der Waals surface area contributed by atoms with E-state index in [2.05, 4.69) is 0 Å². The van der Waals surface area contributed by atoms with Gasteiger partial charge in [-0.3, -0.25) is 4.79 Å². The molecule has 1 aromatic carbocycles. The van der Waals surface area contributed by atoms with Crippen LogP contribution >= 0.6 is 0 Å². The predicted octanol–water partition coefficient (Wildman–Crippen LogP) is 4.48. The largest absolute Gasteiger partial charge is 0.490 e. The lowest BCUT2D eigenvalue weighted by Crippen LogP contribution is -2.16. The minimum absolute atomic E-state index is 0.103. The predicted molar refractivity (Wildman–Crippen MR) is 80.1 cm³/mol. The molecule has 0 N–H and O–H groups in total. The van der Waals surface area contributed by atoms with Crippen molar-refractivity contribution in [3.05, 3.63) is 29.8 Å². The summed E-state index contributed by atoms with van der Waals surface area (Å²) in [6, 6.07) is 7.69. The number of para-hydroxylation sites is 1. The molecule has 0 aliphatic heterocycles. The molecule has 0 aromatic heterocycles. The van der Waals surface area contributed by atoms with Crippen LogP contribution in [0.4, 0.5) is 0 Å². The zero-order valence-corrected chi connectivity index (χ0v) is 12.5. The first-order valence-corrected chi connectivity index (χ1v) is 7.92. The number of rotatable bonds is 5. The number of Topliss-reactive ketones (excluding diaryl/α,β-unsaturated/α-hetero) is 1. The van der Waals surface area contributed by atoms with Crippen molar-refractivity contribution >= 4 is 5.78 Å². The third-order valence-corrected chi connectivity index (χ3v) is 4.88. The Labute approximate surface area is 121 Å². The number of fused-ring (bicyclic) bond motifs is 2. The van der Waals surface area contributed by atoms with E-state index in [1.807, 2.05) is 38.1 Å². The summed E-state index contributed by atoms with van der Waals surface area (Å²) in [6.45, 7) is 3.99. The molecular weight excluding hydrogens is 248 g/mol. The Hall–Kier alpha value is -1.31. The summed E-state index contributed by atoms with van der Waals surface area (Å²) in [5.74, 6) is 3.34. The SMILES string of the molecule is CC(C)Oc1ccccc1C(=O)CC1CC2CCC1C2. The van der Waals surface area contributed by atoms with E-state index in [0.717, 1.165) is 23.1 Å². The molecule has 3 rings (SSSR count). The highest BCUT2D eigenvalue weighted by atomic mass is 16.5. The van der Waals surface area contributed by atoms with Crippen molar-refractivity contribution in [3.63, 3.8) is 0 Å². The second kappa shape index (κ2) is 5.59. The topological polar surface area (TPSA) is 26.3 Å². The number of ether oxygens (including phenoxy) is 1. The molecule has 0 heterocycles. The van der Waals surface area contributed by atoms with E-state index < -0.39 is 0 Å². The molecule has 2 fully saturated rings. The first kappa shape index (κ1) is 13.7. The maximum absolute atomic E-state index is 12.6. The zero-order valence-electron chi connectivity index (χ0n) is 12.5. The summed E-state index contributed by atoms with van der Waals surface area (Å²) in [4.78, 5) is 12.6. The zero-order chi connectivity index (χ0) is 14.1. The van der Waals surface area contributed by atoms with Gasteiger partial charge in [-0.25, -0.2) is 0 Å². The van der Waals surface area contributed by atoms with E-state index in [4.69, 9.17) is 4.74 Å². The first-order chi connectivity index (χ1) is 9.63. The molecule has 2 aliphatic rings. The molecule has 2 nitrogen and oxygen atoms in total. The van der Waals surface area contributed by atoms with Gasteiger partial charge in [0.1, 0.15) is 5.75 Å². The van der Waals surface area contributed by atoms with Crippen molar-refractivity contribution in [1.29, 1.82) is 0 Å². The van der Waals surface area contributed by atoms with E-state index in [-0.39, 0.29) is 11.9 Å². The Balaban J connectivity index is 1.70. The summed E-state index contributed by atoms with van der Waals surface area (Å²) in [5, 5.41) is 0. The van der Waals surface area contributed by atoms with Crippen molar-refractivity contribution in [3.8, 4) is 5.75 Å². The Morgan fingerprint density at radius 2 is 2.05 bits per heavy atom. The Kier molecular flexibility index (Phi) is 3.82. The standard InChI is InChI=1S/C18H24O2/c1-12(2)20-18-6-4-3-5-16(18)17(19)11-15-10-13-7-8-14(15)9-13/h3-6,12-15H,7-11H2,1-2H3. The molecular formula is C18H24O2. The van der Waals surface area contributed by atoms with Gasteiger partial charge in [-0.15, -0.1) is 0 Å². The molecule has 2 heteroatoms. The molecule has 2 saturated carbocycles. The van der Waals surface area contributed by atoms with Gasteiger partial charge in [0, 0.05) is 6.42 Å². The number of carbonyl (C=O) groups is 1. The van der Waals surface area contributed by atoms with Crippen LogP contribution in [-0.4, -0.2) is 11.9 Å². The van der Waals surface area contributed by atoms with Crippen LogP contribution in [0.3, 0.4) is 0 Å². The van der Waals surface area contributed by atoms with Gasteiger partial charge in [0.15, 0.2) is 5.78 Å². The molecule has 3 atom stereocenters. The molecule has 1 aromatic rings. The third kappa shape index (κ3) is 2.74. The molecule has 3 unspecified atom stereocenters. The van der Waals surface area contributed by atoms with E-state index >= 15 is 0 Å². The molecule has 0 saturated heterocycles. The lowest BCUT2D eigenvalue weighted by atomic mass is 9.84. The maximum atomic E-state index is 12.6. The van der Waals surface area contributed by atoms with Gasteiger partial charge >= 0.3 is 0 Å². The molecule has 2 aliphatic carbocycles. The highest BCUT2D eigenvalue weighted by molar-refractivity contribution is 5.98. The third-order valence-electron chi connectivity index (χ3n) is 4.88. The molecule has 108 valence electrons. The van der Waals surface area contributed by atoms with Gasteiger partial charge < -0.3 is 4.74 Å². The van der Waals surface area contributed by atoms with Gasteiger partial charge in [-0.05, 0) is 63.0 Å². The Morgan fingerprint density at radius 1 is 1.25 bits per heavy atom. The molecule has 0 spiro atoms. The van der Waals surface area contributed by atoms with Crippen LogP contribution in [0, 0.1) is 17.8 Å². The number of hydrogen-bond donors (Lipinski definition) is 0. The lowest BCUT2D eigenvalue weighted by molar-refractivity contribution is 0.0938. The quantitative estimate of drug-likeness (QED) is 0.739. The maximum Gasteiger partial charge on any atom is 0.166 e. The minimum atomic E-state index is 0.103. The normalized spacial score (nSPS) is 28.1. The Bertz CT molecular complexity index is 492. The van der Waals surface area contributed by atoms with Crippen LogP contribution in [0.5, 0.6) is 5.75 Å². The summed E-state index contributed by atoms with van der Waals surface area (Å²) >= 11 is 0. The summed E-state index contributed by atoms with van der Waals surface area (Å²) in [5.41, 5.74) is 0.768. The molecule has 2 bridgehead atoms. The number of hydrogen-bond acceptors (Lipinski definition) is 2. The summed E-state index contributed by atoms with van der Waals surface area (Å²) in [6.07, 6.45) is 6.17. The fraction of sp³-hybridized carbons (Fsp3) is 0.611. The first-order valence-electron chi connectivity index (χ1n) is 7.92. The summed E-state index contributed by atoms with van der Waals surface area (Å²) in [7, 11) is 0. The molecule has 20 heavy (non-hydrogen) atoms. The van der Waals surface area contributed by atoms with E-state index in [0.29, 0.717) is 12.3 Å². The highest BCUT2D eigenvalue weighted by Gasteiger charge is 2.40. The van der Waals surface area contributed by atoms with Gasteiger partial charge in [0.25, 0.3) is 0 Å². The van der Waals surface area contributed by atoms with Crippen LogP contribution in [0.2, 0.25) is 0 Å². The molecule has 0 radical (unpaired) electrons. The Morgan fingerprint density at radius 3 is 2.70 bits per heavy atom. The molecule has 0 amide bonds. The highest BCUT2D eigenvalue weighted by Crippen LogP contribution is 2.49. The fourth-order valence-corrected chi connectivity index (χ4v) is 4.03. The van der Waals surface area contributed by atoms with Crippen molar-refractivity contribution in [2.75, 3.05) is 0 Å². The monoisotopic (exact) mass is 272 g/mol. The van der Waals surface area contributed by atoms with Gasteiger partial charge in [0.2, 0.25) is 0 Å². The summed E-state index contributed by atoms with van der Waals surface area (Å²) < 4.78 is 5.77. The minimum Gasteiger partial charge on any atom is -0.490 e. The number of ketones is 1. The fourth-order valence-electron chi connectivity index (χ4n) is 4.03. The van der Waals surface area contributed by atoms with Crippen LogP contribution in [0.1, 0.15) is 56.3 Å². The second-order valence-corrected chi connectivity index (χ2v) is 6.73. The van der Waals surface area contributed by atoms with Crippen molar-refractivity contribution in [2.45, 2.75) is 52.1 Å². The van der Waals surface area contributed by atoms with Crippen LogP contribution in [0.15, 0.2) is 24.3 Å². The van der Waals surface area contributed by atoms with E-state index in [9.17, 15) is 4.79 Å². The van der Waals surface area contributed by atoms with Crippen LogP contribution in [0.25, 0.3) is 0 Å².